The molecule has 0 aliphatic carbocycles. The van der Waals surface area contributed by atoms with E-state index in [1.807, 2.05) is 19.1 Å². The van der Waals surface area contributed by atoms with Crippen molar-refractivity contribution in [2.75, 3.05) is 5.32 Å². The Bertz CT molecular complexity index is 829. The molecule has 2 aromatic heterocycles. The third-order valence-corrected chi connectivity index (χ3v) is 2.97. The lowest BCUT2D eigenvalue weighted by molar-refractivity contribution is -0.117. The van der Waals surface area contributed by atoms with Crippen molar-refractivity contribution >= 4 is 11.6 Å². The molecule has 3 rings (SSSR count). The number of carbonyl (C=O) groups is 1. The molecule has 0 radical (unpaired) electrons. The second-order valence-electron chi connectivity index (χ2n) is 4.72. The minimum Gasteiger partial charge on any atom is -0.459 e. The Kier molecular flexibility index (Phi) is 3.61. The van der Waals surface area contributed by atoms with Crippen molar-refractivity contribution in [2.24, 2.45) is 0 Å². The zero-order chi connectivity index (χ0) is 15.5. The summed E-state index contributed by atoms with van der Waals surface area (Å²) < 4.78 is 11.0. The van der Waals surface area contributed by atoms with E-state index in [1.165, 1.54) is 6.26 Å². The van der Waals surface area contributed by atoms with Gasteiger partial charge in [0.15, 0.2) is 5.76 Å². The number of amides is 1. The molecule has 112 valence electrons. The summed E-state index contributed by atoms with van der Waals surface area (Å²) in [6.07, 6.45) is 1.44. The van der Waals surface area contributed by atoms with E-state index in [9.17, 15) is 9.59 Å². The van der Waals surface area contributed by atoms with Crippen molar-refractivity contribution in [3.05, 3.63) is 58.8 Å². The van der Waals surface area contributed by atoms with Crippen LogP contribution in [0.2, 0.25) is 0 Å². The van der Waals surface area contributed by atoms with Crippen LogP contribution in [-0.2, 0) is 11.3 Å². The van der Waals surface area contributed by atoms with Crippen LogP contribution in [0.3, 0.4) is 0 Å². The van der Waals surface area contributed by atoms with E-state index >= 15 is 0 Å². The molecule has 1 aromatic carbocycles. The fraction of sp³-hybridized carbons (Fsp3) is 0.133. The molecule has 0 atom stereocenters. The highest BCUT2D eigenvalue weighted by Crippen LogP contribution is 2.15. The molecular formula is C15H13N3O4. The van der Waals surface area contributed by atoms with Crippen molar-refractivity contribution in [3.8, 4) is 11.7 Å². The van der Waals surface area contributed by atoms with Gasteiger partial charge in [0.25, 0.3) is 5.89 Å². The number of rotatable bonds is 4. The van der Waals surface area contributed by atoms with Gasteiger partial charge in [-0.05, 0) is 31.2 Å². The molecule has 1 amide bonds. The van der Waals surface area contributed by atoms with Gasteiger partial charge in [-0.2, -0.15) is 4.68 Å². The van der Waals surface area contributed by atoms with E-state index in [1.54, 1.807) is 24.3 Å². The second-order valence-corrected chi connectivity index (χ2v) is 4.72. The zero-order valence-electron chi connectivity index (χ0n) is 11.8. The molecule has 2 heterocycles. The number of carbonyl (C=O) groups excluding carboxylic acids is 1. The fourth-order valence-corrected chi connectivity index (χ4v) is 1.88. The standard InChI is InChI=1S/C15H13N3O4/c1-10-4-6-11(7-5-10)16-13(19)9-18-15(20)22-14(17-18)12-3-2-8-21-12/h2-8H,9H2,1H3,(H,16,19). The number of benzene rings is 1. The minimum absolute atomic E-state index is 0.0399. The molecule has 0 saturated carbocycles. The summed E-state index contributed by atoms with van der Waals surface area (Å²) in [7, 11) is 0. The summed E-state index contributed by atoms with van der Waals surface area (Å²) in [5.74, 6) is -0.719. The van der Waals surface area contributed by atoms with E-state index in [0.717, 1.165) is 10.2 Å². The van der Waals surface area contributed by atoms with Crippen LogP contribution in [0.1, 0.15) is 5.56 Å². The Morgan fingerprint density at radius 2 is 2.05 bits per heavy atom. The molecular weight excluding hydrogens is 286 g/mol. The largest absolute Gasteiger partial charge is 0.459 e. The van der Waals surface area contributed by atoms with E-state index in [0.29, 0.717) is 11.4 Å². The van der Waals surface area contributed by atoms with E-state index < -0.39 is 5.76 Å². The molecule has 22 heavy (non-hydrogen) atoms. The quantitative estimate of drug-likeness (QED) is 0.796. The topological polar surface area (TPSA) is 90.3 Å². The molecule has 0 unspecified atom stereocenters. The first-order chi connectivity index (χ1) is 10.6. The lowest BCUT2D eigenvalue weighted by Gasteiger charge is -2.04. The van der Waals surface area contributed by atoms with Crippen LogP contribution in [-0.4, -0.2) is 15.7 Å². The maximum Gasteiger partial charge on any atom is 0.437 e. The van der Waals surface area contributed by atoms with Crippen LogP contribution in [0.5, 0.6) is 0 Å². The van der Waals surface area contributed by atoms with Gasteiger partial charge in [0.1, 0.15) is 6.54 Å². The average Bonchev–Trinajstić information content (AvgIpc) is 3.12. The van der Waals surface area contributed by atoms with Crippen molar-refractivity contribution in [1.82, 2.24) is 9.78 Å². The fourth-order valence-electron chi connectivity index (χ4n) is 1.88. The monoisotopic (exact) mass is 299 g/mol. The molecule has 0 saturated heterocycles. The van der Waals surface area contributed by atoms with Crippen molar-refractivity contribution in [3.63, 3.8) is 0 Å². The zero-order valence-corrected chi connectivity index (χ0v) is 11.8. The predicted molar refractivity (Wildman–Crippen MR) is 78.3 cm³/mol. The first-order valence-corrected chi connectivity index (χ1v) is 6.60. The van der Waals surface area contributed by atoms with Gasteiger partial charge in [-0.15, -0.1) is 5.10 Å². The SMILES string of the molecule is Cc1ccc(NC(=O)Cn2nc(-c3ccco3)oc2=O)cc1. The third-order valence-electron chi connectivity index (χ3n) is 2.97. The molecule has 0 spiro atoms. The van der Waals surface area contributed by atoms with Gasteiger partial charge in [-0.3, -0.25) is 4.79 Å². The Morgan fingerprint density at radius 1 is 1.27 bits per heavy atom. The molecule has 7 nitrogen and oxygen atoms in total. The number of furan rings is 1. The Labute approximate surface area is 125 Å². The predicted octanol–water partition coefficient (Wildman–Crippen LogP) is 2.04. The maximum absolute atomic E-state index is 11.9. The van der Waals surface area contributed by atoms with E-state index in [-0.39, 0.29) is 18.3 Å². The van der Waals surface area contributed by atoms with Crippen LogP contribution in [0.4, 0.5) is 5.69 Å². The van der Waals surface area contributed by atoms with Gasteiger partial charge in [-0.25, -0.2) is 4.79 Å². The van der Waals surface area contributed by atoms with Gasteiger partial charge in [0, 0.05) is 5.69 Å². The summed E-state index contributed by atoms with van der Waals surface area (Å²) in [5.41, 5.74) is 1.74. The molecule has 7 heteroatoms. The Balaban J connectivity index is 1.71. The summed E-state index contributed by atoms with van der Waals surface area (Å²) in [6, 6.07) is 10.6. The molecule has 1 N–H and O–H groups in total. The van der Waals surface area contributed by atoms with Crippen LogP contribution < -0.4 is 11.1 Å². The van der Waals surface area contributed by atoms with Gasteiger partial charge in [-0.1, -0.05) is 17.7 Å². The Morgan fingerprint density at radius 3 is 2.73 bits per heavy atom. The minimum atomic E-state index is -0.717. The first-order valence-electron chi connectivity index (χ1n) is 6.60. The number of hydrogen-bond donors (Lipinski definition) is 1. The maximum atomic E-state index is 11.9. The highest BCUT2D eigenvalue weighted by Gasteiger charge is 2.14. The van der Waals surface area contributed by atoms with E-state index in [4.69, 9.17) is 8.83 Å². The summed E-state index contributed by atoms with van der Waals surface area (Å²) >= 11 is 0. The van der Waals surface area contributed by atoms with Gasteiger partial charge >= 0.3 is 5.76 Å². The third kappa shape index (κ3) is 2.98. The smallest absolute Gasteiger partial charge is 0.437 e. The van der Waals surface area contributed by atoms with Gasteiger partial charge < -0.3 is 14.2 Å². The lowest BCUT2D eigenvalue weighted by Crippen LogP contribution is -2.25. The lowest BCUT2D eigenvalue weighted by atomic mass is 10.2. The number of anilines is 1. The normalized spacial score (nSPS) is 10.6. The highest BCUT2D eigenvalue weighted by atomic mass is 16.4. The average molecular weight is 299 g/mol. The second kappa shape index (κ2) is 5.72. The molecule has 0 fully saturated rings. The molecule has 3 aromatic rings. The number of nitrogens with zero attached hydrogens (tertiary/aromatic N) is 2. The summed E-state index contributed by atoms with van der Waals surface area (Å²) in [6.45, 7) is 1.72. The molecule has 0 aliphatic heterocycles. The number of aromatic nitrogens is 2. The van der Waals surface area contributed by atoms with Crippen LogP contribution in [0, 0.1) is 6.92 Å². The van der Waals surface area contributed by atoms with Crippen LogP contribution in [0.25, 0.3) is 11.7 Å². The number of nitrogens with one attached hydrogen (secondary N) is 1. The first kappa shape index (κ1) is 13.9. The van der Waals surface area contributed by atoms with Gasteiger partial charge in [0.2, 0.25) is 5.91 Å². The summed E-state index contributed by atoms with van der Waals surface area (Å²) in [4.78, 5) is 23.6. The van der Waals surface area contributed by atoms with Crippen molar-refractivity contribution in [1.29, 1.82) is 0 Å². The molecule has 0 bridgehead atoms. The van der Waals surface area contributed by atoms with E-state index in [2.05, 4.69) is 10.4 Å². The number of hydrogen-bond acceptors (Lipinski definition) is 5. The van der Waals surface area contributed by atoms with Crippen molar-refractivity contribution in [2.45, 2.75) is 13.5 Å². The molecule has 0 aliphatic rings. The number of aryl methyl sites for hydroxylation is 1. The van der Waals surface area contributed by atoms with Crippen LogP contribution >= 0.6 is 0 Å². The van der Waals surface area contributed by atoms with Crippen molar-refractivity contribution < 1.29 is 13.6 Å². The highest BCUT2D eigenvalue weighted by molar-refractivity contribution is 5.90. The Hall–Kier alpha value is -3.09. The van der Waals surface area contributed by atoms with Gasteiger partial charge in [0.05, 0.1) is 6.26 Å². The summed E-state index contributed by atoms with van der Waals surface area (Å²) in [5, 5.41) is 6.62. The van der Waals surface area contributed by atoms with Crippen LogP contribution in [0.15, 0.2) is 56.3 Å².